The third kappa shape index (κ3) is 3.34. The second-order valence-corrected chi connectivity index (χ2v) is 7.44. The molecule has 0 aliphatic rings. The van der Waals surface area contributed by atoms with Gasteiger partial charge in [0.2, 0.25) is 0 Å². The Balaban J connectivity index is 2.40. The Hall–Kier alpha value is -0.610. The molecule has 0 spiro atoms. The fourth-order valence-electron chi connectivity index (χ4n) is 1.91. The van der Waals surface area contributed by atoms with Gasteiger partial charge < -0.3 is 5.32 Å². The molecule has 1 unspecified atom stereocenters. The summed E-state index contributed by atoms with van der Waals surface area (Å²) in [5, 5.41) is 7.71. The number of halogens is 2. The Bertz CT molecular complexity index is 602. The van der Waals surface area contributed by atoms with Gasteiger partial charge in [-0.3, -0.25) is 0 Å². The van der Waals surface area contributed by atoms with Crippen molar-refractivity contribution in [1.82, 2.24) is 10.3 Å². The second-order valence-electron chi connectivity index (χ2n) is 5.71. The third-order valence-electron chi connectivity index (χ3n) is 3.10. The highest BCUT2D eigenvalue weighted by molar-refractivity contribution is 7.09. The van der Waals surface area contributed by atoms with Crippen molar-refractivity contribution >= 4 is 34.5 Å². The molecule has 1 atom stereocenters. The maximum Gasteiger partial charge on any atom is 0.114 e. The highest BCUT2D eigenvalue weighted by Gasteiger charge is 2.23. The van der Waals surface area contributed by atoms with Crippen LogP contribution < -0.4 is 5.32 Å². The Kier molecular flexibility index (Phi) is 4.75. The molecule has 2 nitrogen and oxygen atoms in total. The van der Waals surface area contributed by atoms with E-state index in [2.05, 4.69) is 31.5 Å². The summed E-state index contributed by atoms with van der Waals surface area (Å²) in [6.07, 6.45) is 0. The van der Waals surface area contributed by atoms with E-state index in [-0.39, 0.29) is 11.5 Å². The van der Waals surface area contributed by atoms with Gasteiger partial charge in [0.15, 0.2) is 0 Å². The fourth-order valence-corrected chi connectivity index (χ4v) is 3.60. The van der Waals surface area contributed by atoms with Crippen LogP contribution in [0.5, 0.6) is 0 Å². The second kappa shape index (κ2) is 6.02. The van der Waals surface area contributed by atoms with Gasteiger partial charge in [-0.25, -0.2) is 4.98 Å². The van der Waals surface area contributed by atoms with Crippen LogP contribution >= 0.6 is 34.5 Å². The van der Waals surface area contributed by atoms with Crippen LogP contribution in [0.2, 0.25) is 10.0 Å². The van der Waals surface area contributed by atoms with Crippen LogP contribution in [0.15, 0.2) is 23.6 Å². The van der Waals surface area contributed by atoms with Gasteiger partial charge in [0.1, 0.15) is 5.01 Å². The summed E-state index contributed by atoms with van der Waals surface area (Å²) in [5.41, 5.74) is 2.15. The van der Waals surface area contributed by atoms with Gasteiger partial charge in [0, 0.05) is 20.8 Å². The number of aromatic nitrogens is 1. The van der Waals surface area contributed by atoms with Gasteiger partial charge in [-0.05, 0) is 24.7 Å². The van der Waals surface area contributed by atoms with Crippen LogP contribution in [0.25, 0.3) is 0 Å². The highest BCUT2D eigenvalue weighted by atomic mass is 35.5. The molecule has 1 aromatic heterocycles. The van der Waals surface area contributed by atoms with E-state index in [0.29, 0.717) is 10.0 Å². The lowest BCUT2D eigenvalue weighted by Gasteiger charge is -2.17. The summed E-state index contributed by atoms with van der Waals surface area (Å²) >= 11 is 13.9. The molecule has 0 radical (unpaired) electrons. The van der Waals surface area contributed by atoms with Crippen molar-refractivity contribution in [2.24, 2.45) is 0 Å². The summed E-state index contributed by atoms with van der Waals surface area (Å²) < 4.78 is 0. The van der Waals surface area contributed by atoms with Crippen LogP contribution in [0.3, 0.4) is 0 Å². The molecule has 0 aliphatic carbocycles. The van der Waals surface area contributed by atoms with Crippen molar-refractivity contribution < 1.29 is 0 Å². The van der Waals surface area contributed by atoms with E-state index in [9.17, 15) is 0 Å². The number of benzene rings is 1. The standard InChI is InChI=1S/C15H18Cl2N2S/c1-15(2,3)12-8-20-14(19-12)13(18-4)10-6-5-9(16)7-11(10)17/h5-8,13,18H,1-4H3. The minimum absolute atomic E-state index is 0.0131. The molecule has 0 aliphatic heterocycles. The topological polar surface area (TPSA) is 24.9 Å². The zero-order chi connectivity index (χ0) is 14.9. The SMILES string of the molecule is CNC(c1nc(C(C)(C)C)cs1)c1ccc(Cl)cc1Cl. The zero-order valence-electron chi connectivity index (χ0n) is 12.0. The lowest BCUT2D eigenvalue weighted by atomic mass is 9.93. The van der Waals surface area contributed by atoms with Crippen LogP contribution in [-0.2, 0) is 5.41 Å². The third-order valence-corrected chi connectivity index (χ3v) is 4.57. The van der Waals surface area contributed by atoms with E-state index >= 15 is 0 Å². The number of thiazole rings is 1. The van der Waals surface area contributed by atoms with Crippen LogP contribution in [0, 0.1) is 0 Å². The summed E-state index contributed by atoms with van der Waals surface area (Å²) in [5.74, 6) is 0. The molecule has 20 heavy (non-hydrogen) atoms. The first-order valence-corrected chi connectivity index (χ1v) is 8.04. The lowest BCUT2D eigenvalue weighted by molar-refractivity contribution is 0.566. The maximum absolute atomic E-state index is 6.30. The number of nitrogens with zero attached hydrogens (tertiary/aromatic N) is 1. The Morgan fingerprint density at radius 1 is 1.25 bits per heavy atom. The normalized spacial score (nSPS) is 13.5. The number of hydrogen-bond donors (Lipinski definition) is 1. The van der Waals surface area contributed by atoms with Gasteiger partial charge in [-0.2, -0.15) is 0 Å². The monoisotopic (exact) mass is 328 g/mol. The largest absolute Gasteiger partial charge is 0.307 e. The van der Waals surface area contributed by atoms with Crippen molar-refractivity contribution in [3.05, 3.63) is 49.9 Å². The van der Waals surface area contributed by atoms with Crippen molar-refractivity contribution in [2.75, 3.05) is 7.05 Å². The van der Waals surface area contributed by atoms with E-state index in [1.807, 2.05) is 19.2 Å². The van der Waals surface area contributed by atoms with E-state index in [1.54, 1.807) is 17.4 Å². The molecular weight excluding hydrogens is 311 g/mol. The van der Waals surface area contributed by atoms with Gasteiger partial charge in [0.25, 0.3) is 0 Å². The highest BCUT2D eigenvalue weighted by Crippen LogP contribution is 2.33. The molecule has 0 fully saturated rings. The first kappa shape index (κ1) is 15.8. The summed E-state index contributed by atoms with van der Waals surface area (Å²) in [7, 11) is 1.91. The molecule has 0 amide bonds. The van der Waals surface area contributed by atoms with Gasteiger partial charge >= 0.3 is 0 Å². The molecule has 0 saturated carbocycles. The zero-order valence-corrected chi connectivity index (χ0v) is 14.3. The molecular formula is C15H18Cl2N2S. The van der Waals surface area contributed by atoms with Crippen LogP contribution in [0.4, 0.5) is 0 Å². The van der Waals surface area contributed by atoms with E-state index < -0.39 is 0 Å². The van der Waals surface area contributed by atoms with E-state index in [0.717, 1.165) is 16.3 Å². The van der Waals surface area contributed by atoms with Gasteiger partial charge in [-0.1, -0.05) is 50.0 Å². The maximum atomic E-state index is 6.30. The fraction of sp³-hybridized carbons (Fsp3) is 0.400. The molecule has 5 heteroatoms. The lowest BCUT2D eigenvalue weighted by Crippen LogP contribution is -2.19. The van der Waals surface area contributed by atoms with E-state index in [4.69, 9.17) is 28.2 Å². The molecule has 1 aromatic carbocycles. The summed E-state index contributed by atoms with van der Waals surface area (Å²) in [4.78, 5) is 4.76. The van der Waals surface area contributed by atoms with Crippen LogP contribution in [-0.4, -0.2) is 12.0 Å². The first-order chi connectivity index (χ1) is 9.32. The van der Waals surface area contributed by atoms with Gasteiger partial charge in [-0.15, -0.1) is 11.3 Å². The predicted molar refractivity (Wildman–Crippen MR) is 88.2 cm³/mol. The number of hydrogen-bond acceptors (Lipinski definition) is 3. The Morgan fingerprint density at radius 3 is 2.45 bits per heavy atom. The number of rotatable bonds is 3. The molecule has 2 aromatic rings. The van der Waals surface area contributed by atoms with E-state index in [1.165, 1.54) is 0 Å². The first-order valence-electron chi connectivity index (χ1n) is 6.41. The van der Waals surface area contributed by atoms with Crippen LogP contribution in [0.1, 0.15) is 43.1 Å². The smallest absolute Gasteiger partial charge is 0.114 e. The minimum Gasteiger partial charge on any atom is -0.307 e. The molecule has 0 bridgehead atoms. The molecule has 2 rings (SSSR count). The Morgan fingerprint density at radius 2 is 1.95 bits per heavy atom. The van der Waals surface area contributed by atoms with Gasteiger partial charge in [0.05, 0.1) is 11.7 Å². The Labute approximate surface area is 134 Å². The molecule has 1 N–H and O–H groups in total. The molecule has 1 heterocycles. The average molecular weight is 329 g/mol. The van der Waals surface area contributed by atoms with Crippen molar-refractivity contribution in [3.8, 4) is 0 Å². The minimum atomic E-state index is -0.0131. The van der Waals surface area contributed by atoms with Crippen molar-refractivity contribution in [2.45, 2.75) is 32.2 Å². The molecule has 108 valence electrons. The van der Waals surface area contributed by atoms with Crippen molar-refractivity contribution in [3.63, 3.8) is 0 Å². The molecule has 0 saturated heterocycles. The predicted octanol–water partition coefficient (Wildman–Crippen LogP) is 5.06. The summed E-state index contributed by atoms with van der Waals surface area (Å²) in [6.45, 7) is 6.49. The quantitative estimate of drug-likeness (QED) is 0.852. The number of nitrogens with one attached hydrogen (secondary N) is 1. The average Bonchev–Trinajstić information content (AvgIpc) is 2.82. The van der Waals surface area contributed by atoms with Crippen molar-refractivity contribution in [1.29, 1.82) is 0 Å². The summed E-state index contributed by atoms with van der Waals surface area (Å²) in [6, 6.07) is 5.55.